The molecule has 2 aromatic carbocycles. The van der Waals surface area contributed by atoms with E-state index in [0.29, 0.717) is 52.7 Å². The van der Waals surface area contributed by atoms with Gasteiger partial charge in [-0.05, 0) is 35.9 Å². The van der Waals surface area contributed by atoms with E-state index in [1.807, 2.05) is 36.4 Å². The van der Waals surface area contributed by atoms with Crippen LogP contribution in [0.5, 0.6) is 28.7 Å². The van der Waals surface area contributed by atoms with E-state index in [-0.39, 0.29) is 6.79 Å². The Bertz CT molecular complexity index is 1080. The number of aromatic nitrogens is 1. The number of hydrogen-bond acceptors (Lipinski definition) is 8. The normalized spacial score (nSPS) is 10.6. The molecule has 1 heterocycles. The minimum atomic E-state index is 0.0523. The van der Waals surface area contributed by atoms with Crippen molar-refractivity contribution in [1.29, 1.82) is 0 Å². The van der Waals surface area contributed by atoms with Gasteiger partial charge in [-0.15, -0.1) is 0 Å². The maximum Gasteiger partial charge on any atom is 0.203 e. The Balaban J connectivity index is 2.05. The molecule has 0 bridgehead atoms. The fourth-order valence-corrected chi connectivity index (χ4v) is 3.53. The molecule has 8 nitrogen and oxygen atoms in total. The molecule has 0 atom stereocenters. The molecule has 0 aliphatic rings. The zero-order valence-corrected chi connectivity index (χ0v) is 20.6. The van der Waals surface area contributed by atoms with E-state index in [0.717, 1.165) is 16.7 Å². The van der Waals surface area contributed by atoms with E-state index in [4.69, 9.17) is 44.8 Å². The standard InChI is InChI=1S/C25H28ClNO7/c1-28-8-9-33-15-34-21-10-16(6-7-20(21)29-2)19-13-18(26)14-27-24(19)17-11-22(30-3)25(32-5)23(12-17)31-4/h6-7,10-14H,8-9,15H2,1-5H3. The molecule has 0 aliphatic carbocycles. The van der Waals surface area contributed by atoms with Gasteiger partial charge in [0.05, 0.1) is 52.4 Å². The first-order chi connectivity index (χ1) is 16.6. The molecule has 0 saturated heterocycles. The van der Waals surface area contributed by atoms with E-state index in [1.165, 1.54) is 0 Å². The Hall–Kier alpha value is -3.20. The summed E-state index contributed by atoms with van der Waals surface area (Å²) in [5.74, 6) is 2.63. The van der Waals surface area contributed by atoms with E-state index in [1.54, 1.807) is 41.7 Å². The fraction of sp³-hybridized carbons (Fsp3) is 0.320. The number of pyridine rings is 1. The highest BCUT2D eigenvalue weighted by molar-refractivity contribution is 6.30. The second kappa shape index (κ2) is 12.3. The molecule has 0 unspecified atom stereocenters. The zero-order valence-electron chi connectivity index (χ0n) is 19.8. The molecular formula is C25H28ClNO7. The van der Waals surface area contributed by atoms with Crippen molar-refractivity contribution in [2.24, 2.45) is 0 Å². The van der Waals surface area contributed by atoms with Crippen molar-refractivity contribution < 1.29 is 33.2 Å². The highest BCUT2D eigenvalue weighted by Gasteiger charge is 2.19. The highest BCUT2D eigenvalue weighted by Crippen LogP contribution is 2.44. The minimum absolute atomic E-state index is 0.0523. The van der Waals surface area contributed by atoms with Crippen LogP contribution in [-0.4, -0.2) is 60.5 Å². The van der Waals surface area contributed by atoms with Gasteiger partial charge in [-0.25, -0.2) is 0 Å². The summed E-state index contributed by atoms with van der Waals surface area (Å²) >= 11 is 6.33. The number of halogens is 1. The van der Waals surface area contributed by atoms with Crippen molar-refractivity contribution in [3.8, 4) is 51.1 Å². The summed E-state index contributed by atoms with van der Waals surface area (Å²) < 4.78 is 38.1. The number of rotatable bonds is 12. The van der Waals surface area contributed by atoms with Gasteiger partial charge in [0.1, 0.15) is 0 Å². The van der Waals surface area contributed by atoms with Crippen LogP contribution in [0, 0.1) is 0 Å². The van der Waals surface area contributed by atoms with Crippen LogP contribution in [0.4, 0.5) is 0 Å². The van der Waals surface area contributed by atoms with Gasteiger partial charge in [0, 0.05) is 24.4 Å². The quantitative estimate of drug-likeness (QED) is 0.257. The molecule has 182 valence electrons. The maximum atomic E-state index is 6.33. The fourth-order valence-electron chi connectivity index (χ4n) is 3.37. The Morgan fingerprint density at radius 3 is 2.03 bits per heavy atom. The Morgan fingerprint density at radius 2 is 1.41 bits per heavy atom. The van der Waals surface area contributed by atoms with Crippen molar-refractivity contribution in [1.82, 2.24) is 4.98 Å². The largest absolute Gasteiger partial charge is 0.493 e. The Labute approximate surface area is 204 Å². The van der Waals surface area contributed by atoms with Crippen LogP contribution in [0.1, 0.15) is 0 Å². The summed E-state index contributed by atoms with van der Waals surface area (Å²) in [6, 6.07) is 11.1. The number of benzene rings is 2. The molecule has 9 heteroatoms. The topological polar surface area (TPSA) is 77.5 Å². The van der Waals surface area contributed by atoms with Crippen LogP contribution in [-0.2, 0) is 9.47 Å². The molecule has 0 radical (unpaired) electrons. The number of hydrogen-bond donors (Lipinski definition) is 0. The second-order valence-electron chi connectivity index (χ2n) is 6.99. The molecule has 0 amide bonds. The van der Waals surface area contributed by atoms with Gasteiger partial charge < -0.3 is 33.2 Å². The predicted octanol–water partition coefficient (Wildman–Crippen LogP) is 5.10. The molecule has 1 aromatic heterocycles. The zero-order chi connectivity index (χ0) is 24.5. The summed E-state index contributed by atoms with van der Waals surface area (Å²) in [6.07, 6.45) is 1.59. The summed E-state index contributed by atoms with van der Waals surface area (Å²) in [4.78, 5) is 4.60. The van der Waals surface area contributed by atoms with Gasteiger partial charge >= 0.3 is 0 Å². The summed E-state index contributed by atoms with van der Waals surface area (Å²) in [5, 5.41) is 0.493. The van der Waals surface area contributed by atoms with E-state index >= 15 is 0 Å². The number of nitrogens with zero attached hydrogens (tertiary/aromatic N) is 1. The summed E-state index contributed by atoms with van der Waals surface area (Å²) in [6.45, 7) is 0.950. The summed E-state index contributed by atoms with van der Waals surface area (Å²) in [7, 11) is 7.89. The molecule has 34 heavy (non-hydrogen) atoms. The third-order valence-corrected chi connectivity index (χ3v) is 5.20. The van der Waals surface area contributed by atoms with Gasteiger partial charge in [0.25, 0.3) is 0 Å². The van der Waals surface area contributed by atoms with Gasteiger partial charge in [0.15, 0.2) is 29.8 Å². The first-order valence-electron chi connectivity index (χ1n) is 10.4. The first kappa shape index (κ1) is 25.4. The summed E-state index contributed by atoms with van der Waals surface area (Å²) in [5.41, 5.74) is 3.06. The monoisotopic (exact) mass is 489 g/mol. The van der Waals surface area contributed by atoms with Crippen LogP contribution in [0.2, 0.25) is 5.02 Å². The molecule has 0 aliphatic heterocycles. The van der Waals surface area contributed by atoms with Gasteiger partial charge in [-0.2, -0.15) is 0 Å². The molecule has 0 N–H and O–H groups in total. The van der Waals surface area contributed by atoms with Crippen LogP contribution in [0.3, 0.4) is 0 Å². The number of ether oxygens (including phenoxy) is 7. The van der Waals surface area contributed by atoms with Crippen LogP contribution in [0.15, 0.2) is 42.6 Å². The van der Waals surface area contributed by atoms with Crippen molar-refractivity contribution in [2.75, 3.05) is 55.6 Å². The SMILES string of the molecule is COCCOCOc1cc(-c2cc(Cl)cnc2-c2cc(OC)c(OC)c(OC)c2)ccc1OC. The van der Waals surface area contributed by atoms with Gasteiger partial charge in [-0.1, -0.05) is 17.7 Å². The van der Waals surface area contributed by atoms with E-state index in [9.17, 15) is 0 Å². The van der Waals surface area contributed by atoms with Gasteiger partial charge in [-0.3, -0.25) is 4.98 Å². The van der Waals surface area contributed by atoms with Crippen molar-refractivity contribution in [2.45, 2.75) is 0 Å². The van der Waals surface area contributed by atoms with Crippen molar-refractivity contribution in [3.05, 3.63) is 47.6 Å². The first-order valence-corrected chi connectivity index (χ1v) is 10.8. The lowest BCUT2D eigenvalue weighted by Gasteiger charge is -2.17. The van der Waals surface area contributed by atoms with E-state index in [2.05, 4.69) is 4.98 Å². The van der Waals surface area contributed by atoms with Crippen LogP contribution < -0.4 is 23.7 Å². The molecule has 3 rings (SSSR count). The Kier molecular flexibility index (Phi) is 9.21. The molecular weight excluding hydrogens is 462 g/mol. The average molecular weight is 490 g/mol. The second-order valence-corrected chi connectivity index (χ2v) is 7.43. The maximum absolute atomic E-state index is 6.33. The predicted molar refractivity (Wildman–Crippen MR) is 130 cm³/mol. The molecule has 0 fully saturated rings. The number of methoxy groups -OCH3 is 5. The smallest absolute Gasteiger partial charge is 0.203 e. The Morgan fingerprint density at radius 1 is 0.735 bits per heavy atom. The van der Waals surface area contributed by atoms with Gasteiger partial charge in [0.2, 0.25) is 5.75 Å². The van der Waals surface area contributed by atoms with Crippen molar-refractivity contribution >= 4 is 11.6 Å². The lowest BCUT2D eigenvalue weighted by atomic mass is 9.98. The average Bonchev–Trinajstić information content (AvgIpc) is 2.87. The van der Waals surface area contributed by atoms with E-state index < -0.39 is 0 Å². The molecule has 3 aromatic rings. The van der Waals surface area contributed by atoms with Crippen LogP contribution in [0.25, 0.3) is 22.4 Å². The minimum Gasteiger partial charge on any atom is -0.493 e. The van der Waals surface area contributed by atoms with Crippen LogP contribution >= 0.6 is 11.6 Å². The molecule has 0 spiro atoms. The highest BCUT2D eigenvalue weighted by atomic mass is 35.5. The lowest BCUT2D eigenvalue weighted by Crippen LogP contribution is -2.08. The third kappa shape index (κ3) is 5.83. The molecule has 0 saturated carbocycles. The third-order valence-electron chi connectivity index (χ3n) is 5.00. The lowest BCUT2D eigenvalue weighted by molar-refractivity contribution is -0.00942. The van der Waals surface area contributed by atoms with Crippen molar-refractivity contribution in [3.63, 3.8) is 0 Å².